The quantitative estimate of drug-likeness (QED) is 0.869. The molecule has 1 aliphatic carbocycles. The summed E-state index contributed by atoms with van der Waals surface area (Å²) in [6.45, 7) is 0. The largest absolute Gasteiger partial charge is 0.328 e. The second kappa shape index (κ2) is 3.87. The summed E-state index contributed by atoms with van der Waals surface area (Å²) in [6, 6.07) is 1.69. The van der Waals surface area contributed by atoms with Gasteiger partial charge in [0, 0.05) is 22.3 Å². The van der Waals surface area contributed by atoms with Gasteiger partial charge in [-0.1, -0.05) is 12.8 Å². The highest BCUT2D eigenvalue weighted by Gasteiger charge is 2.25. The van der Waals surface area contributed by atoms with Crippen molar-refractivity contribution in [1.82, 2.24) is 4.98 Å². The second-order valence-corrected chi connectivity index (χ2v) is 4.80. The van der Waals surface area contributed by atoms with E-state index in [2.05, 4.69) is 20.9 Å². The van der Waals surface area contributed by atoms with Crippen molar-refractivity contribution in [1.29, 1.82) is 0 Å². The van der Waals surface area contributed by atoms with E-state index in [0.717, 1.165) is 16.8 Å². The number of H-pyrrole nitrogens is 1. The van der Waals surface area contributed by atoms with E-state index in [9.17, 15) is 4.79 Å². The minimum absolute atomic E-state index is 0.0682. The third-order valence-corrected chi connectivity index (χ3v) is 3.04. The summed E-state index contributed by atoms with van der Waals surface area (Å²) in [5.74, 6) is 0.739. The molecule has 1 atom stereocenters. The van der Waals surface area contributed by atoms with Crippen LogP contribution in [0.1, 0.15) is 30.9 Å². The number of rotatable bonds is 3. The van der Waals surface area contributed by atoms with Gasteiger partial charge in [0.1, 0.15) is 0 Å². The lowest BCUT2D eigenvalue weighted by Gasteiger charge is -2.09. The monoisotopic (exact) mass is 256 g/mol. The van der Waals surface area contributed by atoms with Crippen LogP contribution in [0.2, 0.25) is 0 Å². The first-order valence-corrected chi connectivity index (χ1v) is 5.60. The summed E-state index contributed by atoms with van der Waals surface area (Å²) in [5.41, 5.74) is 6.58. The number of nitrogens with one attached hydrogen (secondary N) is 1. The highest BCUT2D eigenvalue weighted by atomic mass is 79.9. The second-order valence-electron chi connectivity index (χ2n) is 3.89. The molecule has 0 saturated heterocycles. The molecular formula is C10H13BrN2O. The standard InChI is InChI=1S/C10H13BrN2O/c11-7-4-8(10(14)13-5-7)9(12)3-6-1-2-6/h4-6,9H,1-3,12H2,(H,13,14)/t9-/m0/s1. The zero-order chi connectivity index (χ0) is 10.1. The smallest absolute Gasteiger partial charge is 0.252 e. The topological polar surface area (TPSA) is 58.9 Å². The van der Waals surface area contributed by atoms with E-state index in [1.807, 2.05) is 6.07 Å². The fourth-order valence-electron chi connectivity index (χ4n) is 1.59. The normalized spacial score (nSPS) is 18.1. The van der Waals surface area contributed by atoms with Gasteiger partial charge in [0.15, 0.2) is 0 Å². The highest BCUT2D eigenvalue weighted by Crippen LogP contribution is 2.36. The van der Waals surface area contributed by atoms with Crippen LogP contribution in [-0.2, 0) is 0 Å². The third kappa shape index (κ3) is 2.25. The van der Waals surface area contributed by atoms with Crippen LogP contribution in [0.5, 0.6) is 0 Å². The third-order valence-electron chi connectivity index (χ3n) is 2.58. The Labute approximate surface area is 90.8 Å². The van der Waals surface area contributed by atoms with Gasteiger partial charge < -0.3 is 10.7 Å². The Morgan fingerprint density at radius 1 is 1.64 bits per heavy atom. The number of pyridine rings is 1. The molecule has 1 aromatic rings. The van der Waals surface area contributed by atoms with Crippen molar-refractivity contribution >= 4 is 15.9 Å². The van der Waals surface area contributed by atoms with Crippen LogP contribution in [0.15, 0.2) is 21.5 Å². The van der Waals surface area contributed by atoms with E-state index < -0.39 is 0 Å². The minimum Gasteiger partial charge on any atom is -0.328 e. The molecule has 4 heteroatoms. The fourth-order valence-corrected chi connectivity index (χ4v) is 1.95. The van der Waals surface area contributed by atoms with Crippen molar-refractivity contribution in [3.63, 3.8) is 0 Å². The zero-order valence-corrected chi connectivity index (χ0v) is 9.38. The molecule has 0 amide bonds. The Bertz CT molecular complexity index is 384. The van der Waals surface area contributed by atoms with Gasteiger partial charge in [-0.15, -0.1) is 0 Å². The van der Waals surface area contributed by atoms with E-state index in [1.165, 1.54) is 12.8 Å². The maximum atomic E-state index is 11.5. The molecule has 0 aromatic carbocycles. The number of halogens is 1. The van der Waals surface area contributed by atoms with E-state index >= 15 is 0 Å². The average molecular weight is 257 g/mol. The molecule has 76 valence electrons. The summed E-state index contributed by atoms with van der Waals surface area (Å²) in [5, 5.41) is 0. The molecule has 1 fully saturated rings. The molecule has 0 aliphatic heterocycles. The predicted molar refractivity (Wildman–Crippen MR) is 59.0 cm³/mol. The summed E-state index contributed by atoms with van der Waals surface area (Å²) in [6.07, 6.45) is 5.09. The molecule has 14 heavy (non-hydrogen) atoms. The number of hydrogen-bond acceptors (Lipinski definition) is 2. The van der Waals surface area contributed by atoms with Gasteiger partial charge in [0.25, 0.3) is 5.56 Å². The van der Waals surface area contributed by atoms with Crippen LogP contribution in [0.25, 0.3) is 0 Å². The fraction of sp³-hybridized carbons (Fsp3) is 0.500. The van der Waals surface area contributed by atoms with E-state index in [4.69, 9.17) is 5.73 Å². The maximum absolute atomic E-state index is 11.5. The van der Waals surface area contributed by atoms with Crippen LogP contribution < -0.4 is 11.3 Å². The number of nitrogens with two attached hydrogens (primary N) is 1. The van der Waals surface area contributed by atoms with E-state index in [1.54, 1.807) is 6.20 Å². The van der Waals surface area contributed by atoms with Crippen LogP contribution in [-0.4, -0.2) is 4.98 Å². The summed E-state index contributed by atoms with van der Waals surface area (Å²) in [7, 11) is 0. The first-order chi connectivity index (χ1) is 6.66. The molecule has 0 spiro atoms. The summed E-state index contributed by atoms with van der Waals surface area (Å²) in [4.78, 5) is 14.1. The molecule has 1 heterocycles. The Kier molecular flexibility index (Phi) is 2.74. The van der Waals surface area contributed by atoms with Crippen LogP contribution in [0.3, 0.4) is 0 Å². The van der Waals surface area contributed by atoms with Crippen molar-refractivity contribution < 1.29 is 0 Å². The minimum atomic E-state index is -0.122. The van der Waals surface area contributed by atoms with Crippen molar-refractivity contribution in [3.05, 3.63) is 32.7 Å². The van der Waals surface area contributed by atoms with Gasteiger partial charge in [-0.3, -0.25) is 4.79 Å². The Hall–Kier alpha value is -0.610. The molecule has 0 unspecified atom stereocenters. The molecule has 1 aromatic heterocycles. The highest BCUT2D eigenvalue weighted by molar-refractivity contribution is 9.10. The zero-order valence-electron chi connectivity index (χ0n) is 7.79. The lowest BCUT2D eigenvalue weighted by Crippen LogP contribution is -2.21. The molecule has 1 aliphatic rings. The number of aromatic nitrogens is 1. The molecular weight excluding hydrogens is 244 g/mol. The van der Waals surface area contributed by atoms with Crippen LogP contribution in [0, 0.1) is 5.92 Å². The summed E-state index contributed by atoms with van der Waals surface area (Å²) >= 11 is 3.32. The Balaban J connectivity index is 2.20. The maximum Gasteiger partial charge on any atom is 0.252 e. The van der Waals surface area contributed by atoms with Crippen molar-refractivity contribution in [2.24, 2.45) is 11.7 Å². The van der Waals surface area contributed by atoms with Gasteiger partial charge in [-0.05, 0) is 34.3 Å². The molecule has 2 rings (SSSR count). The van der Waals surface area contributed by atoms with Gasteiger partial charge in [-0.2, -0.15) is 0 Å². The molecule has 0 bridgehead atoms. The molecule has 3 nitrogen and oxygen atoms in total. The SMILES string of the molecule is N[C@@H](CC1CC1)c1cc(Br)c[nH]c1=O. The lowest BCUT2D eigenvalue weighted by molar-refractivity contribution is 0.591. The number of hydrogen-bond donors (Lipinski definition) is 2. The first kappa shape index (κ1) is 9.93. The van der Waals surface area contributed by atoms with E-state index in [-0.39, 0.29) is 11.6 Å². The first-order valence-electron chi connectivity index (χ1n) is 4.80. The number of aromatic amines is 1. The van der Waals surface area contributed by atoms with Gasteiger partial charge in [-0.25, -0.2) is 0 Å². The predicted octanol–water partition coefficient (Wildman–Crippen LogP) is 1.94. The Morgan fingerprint density at radius 2 is 2.36 bits per heavy atom. The van der Waals surface area contributed by atoms with Gasteiger partial charge >= 0.3 is 0 Å². The summed E-state index contributed by atoms with van der Waals surface area (Å²) < 4.78 is 0.873. The van der Waals surface area contributed by atoms with Crippen LogP contribution in [0.4, 0.5) is 0 Å². The van der Waals surface area contributed by atoms with Crippen molar-refractivity contribution in [2.45, 2.75) is 25.3 Å². The molecule has 1 saturated carbocycles. The molecule has 0 radical (unpaired) electrons. The van der Waals surface area contributed by atoms with Crippen LogP contribution >= 0.6 is 15.9 Å². The van der Waals surface area contributed by atoms with E-state index in [0.29, 0.717) is 5.56 Å². The Morgan fingerprint density at radius 3 is 3.00 bits per heavy atom. The van der Waals surface area contributed by atoms with Gasteiger partial charge in [0.05, 0.1) is 0 Å². The van der Waals surface area contributed by atoms with Crippen molar-refractivity contribution in [3.8, 4) is 0 Å². The molecule has 3 N–H and O–H groups in total. The average Bonchev–Trinajstić information content (AvgIpc) is 2.93. The van der Waals surface area contributed by atoms with Gasteiger partial charge in [0.2, 0.25) is 0 Å². The van der Waals surface area contributed by atoms with Crippen molar-refractivity contribution in [2.75, 3.05) is 0 Å². The lowest BCUT2D eigenvalue weighted by atomic mass is 10.0.